The first-order valence-corrected chi connectivity index (χ1v) is 5.13. The van der Waals surface area contributed by atoms with Gasteiger partial charge in [0.1, 0.15) is 6.20 Å². The first-order valence-electron chi connectivity index (χ1n) is 5.13. The van der Waals surface area contributed by atoms with Crippen LogP contribution in [0.3, 0.4) is 0 Å². The van der Waals surface area contributed by atoms with Crippen molar-refractivity contribution < 1.29 is 9.66 Å². The van der Waals surface area contributed by atoms with Crippen molar-refractivity contribution in [2.24, 2.45) is 0 Å². The molecule has 0 aromatic carbocycles. The number of aromatic nitrogens is 2. The van der Waals surface area contributed by atoms with Crippen LogP contribution >= 0.6 is 0 Å². The molecule has 0 spiro atoms. The highest BCUT2D eigenvalue weighted by atomic mass is 16.6. The predicted molar refractivity (Wildman–Crippen MR) is 60.6 cm³/mol. The molecule has 0 amide bonds. The Bertz CT molecular complexity index is 444. The maximum atomic E-state index is 10.8. The van der Waals surface area contributed by atoms with Crippen LogP contribution in [0.15, 0.2) is 6.20 Å². The third kappa shape index (κ3) is 2.41. The molecular weight excluding hydrogens is 226 g/mol. The minimum atomic E-state index is -0.541. The monoisotopic (exact) mass is 239 g/mol. The normalized spacial score (nSPS) is 23.6. The molecule has 2 rings (SSSR count). The largest absolute Gasteiger partial charge is 0.379 e. The minimum Gasteiger partial charge on any atom is -0.379 e. The van der Waals surface area contributed by atoms with Crippen molar-refractivity contribution in [3.63, 3.8) is 0 Å². The summed E-state index contributed by atoms with van der Waals surface area (Å²) in [4.78, 5) is 17.8. The summed E-state index contributed by atoms with van der Waals surface area (Å²) in [6.07, 6.45) is 1.86. The number of hydrogen-bond donors (Lipinski definition) is 2. The lowest BCUT2D eigenvalue weighted by Gasteiger charge is -2.23. The standard InChI is InChI=1S/C9H13N5O3/c1-9(2-3-17-5-9)13-7-6(14(15)16)4-11-8(10)12-7/h4H,2-3,5H2,1H3,(H3,10,11,12,13). The second-order valence-electron chi connectivity index (χ2n) is 4.21. The summed E-state index contributed by atoms with van der Waals surface area (Å²) in [6, 6.07) is 0. The second kappa shape index (κ2) is 4.13. The summed E-state index contributed by atoms with van der Waals surface area (Å²) in [5, 5.41) is 13.8. The molecule has 92 valence electrons. The van der Waals surface area contributed by atoms with E-state index in [1.807, 2.05) is 6.92 Å². The van der Waals surface area contributed by atoms with Crippen molar-refractivity contribution in [3.8, 4) is 0 Å². The van der Waals surface area contributed by atoms with Crippen LogP contribution in [0.2, 0.25) is 0 Å². The Labute approximate surface area is 97.3 Å². The Kier molecular flexibility index (Phi) is 2.80. The van der Waals surface area contributed by atoms with E-state index in [0.717, 1.165) is 12.6 Å². The summed E-state index contributed by atoms with van der Waals surface area (Å²) < 4.78 is 5.26. The fourth-order valence-electron chi connectivity index (χ4n) is 1.67. The highest BCUT2D eigenvalue weighted by Gasteiger charge is 2.32. The van der Waals surface area contributed by atoms with E-state index in [1.54, 1.807) is 0 Å². The fourth-order valence-corrected chi connectivity index (χ4v) is 1.67. The Morgan fingerprint density at radius 2 is 2.47 bits per heavy atom. The predicted octanol–water partition coefficient (Wildman–Crippen LogP) is 0.558. The van der Waals surface area contributed by atoms with Crippen LogP contribution in [0, 0.1) is 10.1 Å². The second-order valence-corrected chi connectivity index (χ2v) is 4.21. The molecule has 17 heavy (non-hydrogen) atoms. The van der Waals surface area contributed by atoms with E-state index >= 15 is 0 Å². The lowest BCUT2D eigenvalue weighted by Crippen LogP contribution is -2.35. The average Bonchev–Trinajstić information content (AvgIpc) is 2.64. The Hall–Kier alpha value is -1.96. The smallest absolute Gasteiger partial charge is 0.329 e. The number of nitrogens with zero attached hydrogens (tertiary/aromatic N) is 3. The van der Waals surface area contributed by atoms with Gasteiger partial charge in [-0.15, -0.1) is 0 Å². The molecule has 1 unspecified atom stereocenters. The Balaban J connectivity index is 2.30. The Morgan fingerprint density at radius 1 is 1.71 bits per heavy atom. The molecule has 2 heterocycles. The van der Waals surface area contributed by atoms with Crippen molar-refractivity contribution in [2.75, 3.05) is 24.3 Å². The molecule has 8 heteroatoms. The highest BCUT2D eigenvalue weighted by molar-refractivity contribution is 5.57. The van der Waals surface area contributed by atoms with E-state index in [4.69, 9.17) is 10.5 Å². The fraction of sp³-hybridized carbons (Fsp3) is 0.556. The van der Waals surface area contributed by atoms with Gasteiger partial charge in [-0.3, -0.25) is 10.1 Å². The van der Waals surface area contributed by atoms with Gasteiger partial charge in [-0.2, -0.15) is 4.98 Å². The van der Waals surface area contributed by atoms with E-state index < -0.39 is 4.92 Å². The van der Waals surface area contributed by atoms with Crippen molar-refractivity contribution >= 4 is 17.5 Å². The molecule has 1 saturated heterocycles. The first-order chi connectivity index (χ1) is 8.00. The van der Waals surface area contributed by atoms with Crippen LogP contribution in [0.1, 0.15) is 13.3 Å². The molecule has 1 aliphatic heterocycles. The number of nitrogens with two attached hydrogens (primary N) is 1. The van der Waals surface area contributed by atoms with E-state index in [-0.39, 0.29) is 23.0 Å². The molecule has 0 aliphatic carbocycles. The minimum absolute atomic E-state index is 0.000570. The maximum absolute atomic E-state index is 10.8. The maximum Gasteiger partial charge on any atom is 0.329 e. The molecule has 0 bridgehead atoms. The van der Waals surface area contributed by atoms with Crippen LogP contribution in [-0.4, -0.2) is 33.6 Å². The van der Waals surface area contributed by atoms with Crippen molar-refractivity contribution in [1.82, 2.24) is 9.97 Å². The zero-order chi connectivity index (χ0) is 12.5. The van der Waals surface area contributed by atoms with Crippen molar-refractivity contribution in [3.05, 3.63) is 16.3 Å². The molecule has 0 saturated carbocycles. The van der Waals surface area contributed by atoms with Crippen LogP contribution in [0.5, 0.6) is 0 Å². The number of nitrogen functional groups attached to an aromatic ring is 1. The van der Waals surface area contributed by atoms with E-state index in [1.165, 1.54) is 0 Å². The SMILES string of the molecule is CC1(Nc2nc(N)ncc2[N+](=O)[O-])CCOC1. The van der Waals surface area contributed by atoms with Gasteiger partial charge >= 0.3 is 5.69 Å². The topological polar surface area (TPSA) is 116 Å². The van der Waals surface area contributed by atoms with Crippen molar-refractivity contribution in [2.45, 2.75) is 18.9 Å². The third-order valence-corrected chi connectivity index (χ3v) is 2.62. The molecule has 1 fully saturated rings. The lowest BCUT2D eigenvalue weighted by atomic mass is 10.0. The van der Waals surface area contributed by atoms with Gasteiger partial charge in [0.05, 0.1) is 17.1 Å². The molecular formula is C9H13N5O3. The number of anilines is 2. The van der Waals surface area contributed by atoms with Gasteiger partial charge in [-0.25, -0.2) is 4.98 Å². The van der Waals surface area contributed by atoms with Gasteiger partial charge in [-0.1, -0.05) is 0 Å². The summed E-state index contributed by atoms with van der Waals surface area (Å²) in [7, 11) is 0. The van der Waals surface area contributed by atoms with E-state index in [2.05, 4.69) is 15.3 Å². The molecule has 0 radical (unpaired) electrons. The molecule has 1 aromatic heterocycles. The molecule has 1 atom stereocenters. The molecule has 1 aromatic rings. The number of rotatable bonds is 3. The quantitative estimate of drug-likeness (QED) is 0.584. The first kappa shape index (κ1) is 11.5. The number of ether oxygens (including phenoxy) is 1. The van der Waals surface area contributed by atoms with Crippen LogP contribution in [0.25, 0.3) is 0 Å². The molecule has 1 aliphatic rings. The van der Waals surface area contributed by atoms with Gasteiger partial charge in [0, 0.05) is 6.61 Å². The van der Waals surface area contributed by atoms with Gasteiger partial charge < -0.3 is 15.8 Å². The molecule has 3 N–H and O–H groups in total. The van der Waals surface area contributed by atoms with Gasteiger partial charge in [0.15, 0.2) is 0 Å². The summed E-state index contributed by atoms with van der Waals surface area (Å²) in [6.45, 7) is 3.02. The third-order valence-electron chi connectivity index (χ3n) is 2.62. The number of nitro groups is 1. The summed E-state index contributed by atoms with van der Waals surface area (Å²) in [5.74, 6) is 0.135. The molecule has 8 nitrogen and oxygen atoms in total. The van der Waals surface area contributed by atoms with Crippen LogP contribution in [-0.2, 0) is 4.74 Å². The zero-order valence-electron chi connectivity index (χ0n) is 9.34. The van der Waals surface area contributed by atoms with Gasteiger partial charge in [0.25, 0.3) is 0 Å². The summed E-state index contributed by atoms with van der Waals surface area (Å²) >= 11 is 0. The number of hydrogen-bond acceptors (Lipinski definition) is 7. The van der Waals surface area contributed by atoms with Crippen LogP contribution < -0.4 is 11.1 Å². The summed E-state index contributed by atoms with van der Waals surface area (Å²) in [5.41, 5.74) is 4.89. The zero-order valence-corrected chi connectivity index (χ0v) is 9.34. The van der Waals surface area contributed by atoms with E-state index in [9.17, 15) is 10.1 Å². The van der Waals surface area contributed by atoms with Gasteiger partial charge in [0.2, 0.25) is 11.8 Å². The average molecular weight is 239 g/mol. The van der Waals surface area contributed by atoms with E-state index in [0.29, 0.717) is 13.2 Å². The van der Waals surface area contributed by atoms with Crippen molar-refractivity contribution in [1.29, 1.82) is 0 Å². The van der Waals surface area contributed by atoms with Crippen LogP contribution in [0.4, 0.5) is 17.5 Å². The highest BCUT2D eigenvalue weighted by Crippen LogP contribution is 2.28. The Morgan fingerprint density at radius 3 is 3.06 bits per heavy atom. The number of nitrogens with one attached hydrogen (secondary N) is 1. The lowest BCUT2D eigenvalue weighted by molar-refractivity contribution is -0.384. The van der Waals surface area contributed by atoms with Gasteiger partial charge in [-0.05, 0) is 13.3 Å².